The zero-order valence-electron chi connectivity index (χ0n) is 12.3. The summed E-state index contributed by atoms with van der Waals surface area (Å²) in [6.07, 6.45) is 1.04. The monoisotopic (exact) mass is 295 g/mol. The zero-order valence-corrected chi connectivity index (χ0v) is 13.0. The average molecular weight is 296 g/mol. The second-order valence-electron chi connectivity index (χ2n) is 4.77. The minimum atomic E-state index is 0.0659. The SMILES string of the molecule is CCNC(c1cc2cc(Cl)ccc2o1)C(CC)OCC. The van der Waals surface area contributed by atoms with Crippen molar-refractivity contribution in [3.05, 3.63) is 35.0 Å². The maximum absolute atomic E-state index is 6.03. The molecule has 0 fully saturated rings. The fourth-order valence-corrected chi connectivity index (χ4v) is 2.67. The van der Waals surface area contributed by atoms with Gasteiger partial charge in [0.15, 0.2) is 0 Å². The second kappa shape index (κ2) is 7.11. The van der Waals surface area contributed by atoms with E-state index >= 15 is 0 Å². The van der Waals surface area contributed by atoms with Crippen molar-refractivity contribution in [2.45, 2.75) is 39.3 Å². The third kappa shape index (κ3) is 3.35. The van der Waals surface area contributed by atoms with Gasteiger partial charge in [-0.3, -0.25) is 0 Å². The smallest absolute Gasteiger partial charge is 0.134 e. The lowest BCUT2D eigenvalue weighted by molar-refractivity contribution is 0.0267. The molecule has 110 valence electrons. The highest BCUT2D eigenvalue weighted by atomic mass is 35.5. The van der Waals surface area contributed by atoms with Crippen LogP contribution in [0.2, 0.25) is 5.02 Å². The largest absolute Gasteiger partial charge is 0.459 e. The van der Waals surface area contributed by atoms with Crippen LogP contribution in [-0.4, -0.2) is 19.3 Å². The van der Waals surface area contributed by atoms with Crippen LogP contribution in [0.1, 0.15) is 39.0 Å². The number of hydrogen-bond donors (Lipinski definition) is 1. The van der Waals surface area contributed by atoms with Gasteiger partial charge in [0, 0.05) is 17.0 Å². The summed E-state index contributed by atoms with van der Waals surface area (Å²) in [5, 5.41) is 5.21. The molecule has 0 aliphatic heterocycles. The molecule has 2 aromatic rings. The molecule has 1 aromatic carbocycles. The molecule has 0 radical (unpaired) electrons. The Bertz CT molecular complexity index is 552. The summed E-state index contributed by atoms with van der Waals surface area (Å²) < 4.78 is 11.8. The maximum Gasteiger partial charge on any atom is 0.134 e. The number of hydrogen-bond acceptors (Lipinski definition) is 3. The summed E-state index contributed by atoms with van der Waals surface area (Å²) in [5.41, 5.74) is 0.860. The Morgan fingerprint density at radius 3 is 2.70 bits per heavy atom. The number of nitrogens with one attached hydrogen (secondary N) is 1. The summed E-state index contributed by atoms with van der Waals surface area (Å²) in [7, 11) is 0. The summed E-state index contributed by atoms with van der Waals surface area (Å²) in [5.74, 6) is 0.907. The van der Waals surface area contributed by atoms with Gasteiger partial charge >= 0.3 is 0 Å². The lowest BCUT2D eigenvalue weighted by Gasteiger charge is -2.25. The van der Waals surface area contributed by atoms with Gasteiger partial charge in [0.25, 0.3) is 0 Å². The lowest BCUT2D eigenvalue weighted by Crippen LogP contribution is -2.33. The topological polar surface area (TPSA) is 34.4 Å². The quantitative estimate of drug-likeness (QED) is 0.813. The highest BCUT2D eigenvalue weighted by molar-refractivity contribution is 6.31. The Labute approximate surface area is 125 Å². The van der Waals surface area contributed by atoms with Gasteiger partial charge in [-0.15, -0.1) is 0 Å². The van der Waals surface area contributed by atoms with Crippen LogP contribution < -0.4 is 5.32 Å². The molecule has 1 aromatic heterocycles. The molecule has 1 N–H and O–H groups in total. The van der Waals surface area contributed by atoms with Gasteiger partial charge in [-0.05, 0) is 44.2 Å². The van der Waals surface area contributed by atoms with E-state index < -0.39 is 0 Å². The minimum absolute atomic E-state index is 0.0659. The Morgan fingerprint density at radius 1 is 1.25 bits per heavy atom. The molecule has 0 saturated carbocycles. The molecule has 0 saturated heterocycles. The van der Waals surface area contributed by atoms with Crippen molar-refractivity contribution in [1.82, 2.24) is 5.32 Å². The molecule has 2 unspecified atom stereocenters. The Hall–Kier alpha value is -1.03. The molecule has 2 rings (SSSR count). The van der Waals surface area contributed by atoms with Crippen LogP contribution in [0.25, 0.3) is 11.0 Å². The zero-order chi connectivity index (χ0) is 14.5. The molecular formula is C16H22ClNO2. The summed E-state index contributed by atoms with van der Waals surface area (Å²) >= 11 is 6.03. The first-order valence-electron chi connectivity index (χ1n) is 7.23. The number of halogens is 1. The van der Waals surface area contributed by atoms with Crippen LogP contribution in [0.5, 0.6) is 0 Å². The minimum Gasteiger partial charge on any atom is -0.459 e. The number of ether oxygens (including phenoxy) is 1. The van der Waals surface area contributed by atoms with E-state index in [9.17, 15) is 0 Å². The molecule has 2 atom stereocenters. The molecule has 0 amide bonds. The normalized spacial score (nSPS) is 14.6. The van der Waals surface area contributed by atoms with Crippen molar-refractivity contribution in [3.63, 3.8) is 0 Å². The molecule has 0 bridgehead atoms. The second-order valence-corrected chi connectivity index (χ2v) is 5.20. The predicted molar refractivity (Wildman–Crippen MR) is 83.3 cm³/mol. The fraction of sp³-hybridized carbons (Fsp3) is 0.500. The van der Waals surface area contributed by atoms with Gasteiger partial charge in [0.05, 0.1) is 12.1 Å². The van der Waals surface area contributed by atoms with Gasteiger partial charge in [-0.1, -0.05) is 25.4 Å². The third-order valence-electron chi connectivity index (χ3n) is 3.38. The first kappa shape index (κ1) is 15.4. The van der Waals surface area contributed by atoms with Crippen LogP contribution in [-0.2, 0) is 4.74 Å². The number of rotatable bonds is 7. The van der Waals surface area contributed by atoms with Crippen LogP contribution >= 0.6 is 11.6 Å². The van der Waals surface area contributed by atoms with Gasteiger partial charge in [0.2, 0.25) is 0 Å². The van der Waals surface area contributed by atoms with Crippen LogP contribution in [0.4, 0.5) is 0 Å². The molecule has 0 aliphatic carbocycles. The predicted octanol–water partition coefficient (Wildman–Crippen LogP) is 4.55. The Morgan fingerprint density at radius 2 is 2.05 bits per heavy atom. The maximum atomic E-state index is 6.03. The van der Waals surface area contributed by atoms with Crippen LogP contribution in [0.3, 0.4) is 0 Å². The number of likely N-dealkylation sites (N-methyl/N-ethyl adjacent to an activating group) is 1. The summed E-state index contributed by atoms with van der Waals surface area (Å²) in [6, 6.07) is 7.80. The molecular weight excluding hydrogens is 274 g/mol. The van der Waals surface area contributed by atoms with Crippen LogP contribution in [0.15, 0.2) is 28.7 Å². The van der Waals surface area contributed by atoms with Crippen molar-refractivity contribution in [2.24, 2.45) is 0 Å². The molecule has 0 aliphatic rings. The standard InChI is InChI=1S/C16H22ClNO2/c1-4-13(19-6-3)16(18-5-2)15-10-11-9-12(17)7-8-14(11)20-15/h7-10,13,16,18H,4-6H2,1-3H3. The fourth-order valence-electron chi connectivity index (χ4n) is 2.49. The molecule has 4 heteroatoms. The van der Waals surface area contributed by atoms with E-state index in [4.69, 9.17) is 20.8 Å². The van der Waals surface area contributed by atoms with Crippen molar-refractivity contribution < 1.29 is 9.15 Å². The van der Waals surface area contributed by atoms with E-state index in [0.29, 0.717) is 6.61 Å². The Kier molecular flexibility index (Phi) is 5.46. The lowest BCUT2D eigenvalue weighted by atomic mass is 10.1. The van der Waals surface area contributed by atoms with Gasteiger partial charge in [-0.25, -0.2) is 0 Å². The summed E-state index contributed by atoms with van der Waals surface area (Å²) in [4.78, 5) is 0. The van der Waals surface area contributed by atoms with Crippen molar-refractivity contribution in [1.29, 1.82) is 0 Å². The van der Waals surface area contributed by atoms with Crippen molar-refractivity contribution in [2.75, 3.05) is 13.2 Å². The van der Waals surface area contributed by atoms with E-state index in [1.54, 1.807) is 0 Å². The van der Waals surface area contributed by atoms with E-state index in [1.165, 1.54) is 0 Å². The van der Waals surface area contributed by atoms with Gasteiger partial charge in [0.1, 0.15) is 11.3 Å². The molecule has 1 heterocycles. The average Bonchev–Trinajstić information content (AvgIpc) is 2.85. The van der Waals surface area contributed by atoms with E-state index in [0.717, 1.165) is 34.7 Å². The Balaban J connectivity index is 2.34. The third-order valence-corrected chi connectivity index (χ3v) is 3.62. The van der Waals surface area contributed by atoms with Gasteiger partial charge in [-0.2, -0.15) is 0 Å². The first-order valence-corrected chi connectivity index (χ1v) is 7.61. The van der Waals surface area contributed by atoms with Gasteiger partial charge < -0.3 is 14.5 Å². The molecule has 3 nitrogen and oxygen atoms in total. The van der Waals surface area contributed by atoms with Crippen molar-refractivity contribution >= 4 is 22.6 Å². The highest BCUT2D eigenvalue weighted by Crippen LogP contribution is 2.29. The number of benzene rings is 1. The number of furan rings is 1. The van der Waals surface area contributed by atoms with E-state index in [1.807, 2.05) is 25.1 Å². The number of fused-ring (bicyclic) bond motifs is 1. The van der Waals surface area contributed by atoms with E-state index in [2.05, 4.69) is 25.2 Å². The van der Waals surface area contributed by atoms with Crippen LogP contribution in [0, 0.1) is 0 Å². The highest BCUT2D eigenvalue weighted by Gasteiger charge is 2.24. The first-order chi connectivity index (χ1) is 9.69. The molecule has 0 spiro atoms. The van der Waals surface area contributed by atoms with E-state index in [-0.39, 0.29) is 12.1 Å². The summed E-state index contributed by atoms with van der Waals surface area (Å²) in [6.45, 7) is 7.80. The van der Waals surface area contributed by atoms with Crippen molar-refractivity contribution in [3.8, 4) is 0 Å². The molecule has 20 heavy (non-hydrogen) atoms.